The Kier molecular flexibility index (Phi) is 7.17. The molecule has 2 aliphatic heterocycles. The van der Waals surface area contributed by atoms with Gasteiger partial charge in [0.1, 0.15) is 0 Å². The highest BCUT2D eigenvalue weighted by molar-refractivity contribution is 6.21. The van der Waals surface area contributed by atoms with Crippen molar-refractivity contribution >= 4 is 17.8 Å². The number of aliphatic imine (C=N–C) groups is 1. The zero-order chi connectivity index (χ0) is 22.3. The SMILES string of the molecule is CCNC(=NCCN1C(=O)c2ccccc2C1=O)N1CCC(COCc2ccccc2)C1. The highest BCUT2D eigenvalue weighted by Gasteiger charge is 2.34. The molecule has 0 bridgehead atoms. The van der Waals surface area contributed by atoms with E-state index in [1.165, 1.54) is 10.5 Å². The van der Waals surface area contributed by atoms with Crippen LogP contribution >= 0.6 is 0 Å². The third-order valence-electron chi connectivity index (χ3n) is 5.85. The highest BCUT2D eigenvalue weighted by atomic mass is 16.5. The Morgan fingerprint density at radius 1 is 1.06 bits per heavy atom. The lowest BCUT2D eigenvalue weighted by Gasteiger charge is -2.22. The van der Waals surface area contributed by atoms with Crippen molar-refractivity contribution in [2.45, 2.75) is 20.0 Å². The third kappa shape index (κ3) is 4.99. The molecule has 0 aliphatic carbocycles. The van der Waals surface area contributed by atoms with E-state index in [1.54, 1.807) is 24.3 Å². The van der Waals surface area contributed by atoms with Gasteiger partial charge < -0.3 is 15.0 Å². The van der Waals surface area contributed by atoms with E-state index >= 15 is 0 Å². The number of guanidine groups is 1. The third-order valence-corrected chi connectivity index (χ3v) is 5.85. The minimum Gasteiger partial charge on any atom is -0.376 e. The van der Waals surface area contributed by atoms with Crippen LogP contribution in [0.4, 0.5) is 0 Å². The Balaban J connectivity index is 1.28. The van der Waals surface area contributed by atoms with Gasteiger partial charge in [-0.3, -0.25) is 19.5 Å². The van der Waals surface area contributed by atoms with Crippen LogP contribution in [0.2, 0.25) is 0 Å². The molecule has 1 N–H and O–H groups in total. The maximum Gasteiger partial charge on any atom is 0.261 e. The van der Waals surface area contributed by atoms with Gasteiger partial charge in [0.2, 0.25) is 0 Å². The smallest absolute Gasteiger partial charge is 0.261 e. The van der Waals surface area contributed by atoms with Gasteiger partial charge in [0.25, 0.3) is 11.8 Å². The van der Waals surface area contributed by atoms with Crippen LogP contribution in [0, 0.1) is 5.92 Å². The van der Waals surface area contributed by atoms with Crippen molar-refractivity contribution in [1.82, 2.24) is 15.1 Å². The molecule has 32 heavy (non-hydrogen) atoms. The van der Waals surface area contributed by atoms with Gasteiger partial charge in [-0.05, 0) is 31.0 Å². The molecule has 1 saturated heterocycles. The number of fused-ring (bicyclic) bond motifs is 1. The molecule has 1 fully saturated rings. The van der Waals surface area contributed by atoms with E-state index < -0.39 is 0 Å². The topological polar surface area (TPSA) is 74.2 Å². The number of hydrogen-bond donors (Lipinski definition) is 1. The average molecular weight is 435 g/mol. The summed E-state index contributed by atoms with van der Waals surface area (Å²) in [5, 5.41) is 3.34. The van der Waals surface area contributed by atoms with Crippen molar-refractivity contribution in [3.63, 3.8) is 0 Å². The first-order valence-corrected chi connectivity index (χ1v) is 11.3. The largest absolute Gasteiger partial charge is 0.376 e. The van der Waals surface area contributed by atoms with Crippen LogP contribution in [0.5, 0.6) is 0 Å². The number of hydrogen-bond acceptors (Lipinski definition) is 4. The lowest BCUT2D eigenvalue weighted by atomic mass is 10.1. The molecule has 1 atom stereocenters. The van der Waals surface area contributed by atoms with Crippen LogP contribution < -0.4 is 5.32 Å². The van der Waals surface area contributed by atoms with E-state index in [1.807, 2.05) is 25.1 Å². The van der Waals surface area contributed by atoms with Gasteiger partial charge in [-0.2, -0.15) is 0 Å². The fourth-order valence-corrected chi connectivity index (χ4v) is 4.20. The molecular formula is C25H30N4O3. The summed E-state index contributed by atoms with van der Waals surface area (Å²) in [7, 11) is 0. The number of nitrogens with zero attached hydrogens (tertiary/aromatic N) is 3. The van der Waals surface area contributed by atoms with Gasteiger partial charge in [0, 0.05) is 32.1 Å². The Hall–Kier alpha value is -3.19. The average Bonchev–Trinajstić information content (AvgIpc) is 3.38. The molecule has 4 rings (SSSR count). The van der Waals surface area contributed by atoms with E-state index in [4.69, 9.17) is 9.73 Å². The number of nitrogens with one attached hydrogen (secondary N) is 1. The quantitative estimate of drug-likeness (QED) is 0.393. The van der Waals surface area contributed by atoms with Gasteiger partial charge in [-0.1, -0.05) is 42.5 Å². The Morgan fingerprint density at radius 2 is 1.75 bits per heavy atom. The van der Waals surface area contributed by atoms with Crippen molar-refractivity contribution in [2.24, 2.45) is 10.9 Å². The van der Waals surface area contributed by atoms with Gasteiger partial charge in [-0.25, -0.2) is 0 Å². The minimum atomic E-state index is -0.234. The lowest BCUT2D eigenvalue weighted by molar-refractivity contribution is 0.0659. The second-order valence-electron chi connectivity index (χ2n) is 8.14. The number of imide groups is 1. The molecule has 0 radical (unpaired) electrons. The molecule has 2 aliphatic rings. The minimum absolute atomic E-state index is 0.234. The molecular weight excluding hydrogens is 404 g/mol. The Bertz CT molecular complexity index is 941. The van der Waals surface area contributed by atoms with Crippen LogP contribution in [0.15, 0.2) is 59.6 Å². The summed E-state index contributed by atoms with van der Waals surface area (Å²) in [5.74, 6) is 0.818. The zero-order valence-electron chi connectivity index (χ0n) is 18.5. The lowest BCUT2D eigenvalue weighted by Crippen LogP contribution is -2.41. The summed E-state index contributed by atoms with van der Waals surface area (Å²) in [5.41, 5.74) is 2.14. The number of amides is 2. The van der Waals surface area contributed by atoms with Crippen LogP contribution in [-0.4, -0.2) is 66.9 Å². The van der Waals surface area contributed by atoms with E-state index in [0.717, 1.165) is 38.6 Å². The second kappa shape index (κ2) is 10.4. The van der Waals surface area contributed by atoms with Gasteiger partial charge in [-0.15, -0.1) is 0 Å². The van der Waals surface area contributed by atoms with E-state index in [2.05, 4.69) is 22.3 Å². The fraction of sp³-hybridized carbons (Fsp3) is 0.400. The molecule has 2 aromatic carbocycles. The van der Waals surface area contributed by atoms with Crippen molar-refractivity contribution < 1.29 is 14.3 Å². The number of benzene rings is 2. The summed E-state index contributed by atoms with van der Waals surface area (Å²) in [6.45, 7) is 6.60. The number of carbonyl (C=O) groups is 2. The molecule has 7 heteroatoms. The molecule has 7 nitrogen and oxygen atoms in total. The van der Waals surface area contributed by atoms with Crippen LogP contribution in [-0.2, 0) is 11.3 Å². The number of likely N-dealkylation sites (tertiary alicyclic amines) is 1. The standard InChI is InChI=1S/C25H30N4O3/c1-2-26-25(27-13-15-29-23(30)21-10-6-7-11-22(21)24(29)31)28-14-12-20(16-28)18-32-17-19-8-4-3-5-9-19/h3-11,20H,2,12-18H2,1H3,(H,26,27). The van der Waals surface area contributed by atoms with E-state index in [9.17, 15) is 9.59 Å². The molecule has 1 unspecified atom stereocenters. The van der Waals surface area contributed by atoms with Gasteiger partial charge >= 0.3 is 0 Å². The van der Waals surface area contributed by atoms with E-state index in [-0.39, 0.29) is 18.4 Å². The molecule has 0 saturated carbocycles. The zero-order valence-corrected chi connectivity index (χ0v) is 18.5. The number of carbonyl (C=O) groups excluding carboxylic acids is 2. The highest BCUT2D eigenvalue weighted by Crippen LogP contribution is 2.22. The summed E-state index contributed by atoms with van der Waals surface area (Å²) in [6, 6.07) is 17.2. The van der Waals surface area contributed by atoms with Crippen LogP contribution in [0.1, 0.15) is 39.6 Å². The van der Waals surface area contributed by atoms with Crippen LogP contribution in [0.25, 0.3) is 0 Å². The predicted molar refractivity (Wildman–Crippen MR) is 124 cm³/mol. The normalized spacial score (nSPS) is 18.4. The Labute approximate surface area is 189 Å². The maximum atomic E-state index is 12.5. The van der Waals surface area contributed by atoms with Crippen molar-refractivity contribution in [1.29, 1.82) is 0 Å². The van der Waals surface area contributed by atoms with Crippen molar-refractivity contribution in [3.8, 4) is 0 Å². The maximum absolute atomic E-state index is 12.5. The molecule has 0 spiro atoms. The summed E-state index contributed by atoms with van der Waals surface area (Å²) < 4.78 is 5.93. The molecule has 2 aromatic rings. The first kappa shape index (κ1) is 22.0. The number of ether oxygens (including phenoxy) is 1. The summed E-state index contributed by atoms with van der Waals surface area (Å²) in [4.78, 5) is 33.3. The second-order valence-corrected chi connectivity index (χ2v) is 8.14. The first-order chi connectivity index (χ1) is 15.7. The predicted octanol–water partition coefficient (Wildman–Crippen LogP) is 2.79. The summed E-state index contributed by atoms with van der Waals surface area (Å²) in [6.07, 6.45) is 1.05. The Morgan fingerprint density at radius 3 is 2.44 bits per heavy atom. The van der Waals surface area contributed by atoms with E-state index in [0.29, 0.717) is 30.2 Å². The number of rotatable bonds is 8. The monoisotopic (exact) mass is 434 g/mol. The van der Waals surface area contributed by atoms with Gasteiger partial charge in [0.15, 0.2) is 5.96 Å². The summed E-state index contributed by atoms with van der Waals surface area (Å²) >= 11 is 0. The molecule has 2 heterocycles. The fourth-order valence-electron chi connectivity index (χ4n) is 4.20. The molecule has 2 amide bonds. The molecule has 0 aromatic heterocycles. The van der Waals surface area contributed by atoms with Crippen molar-refractivity contribution in [2.75, 3.05) is 39.3 Å². The van der Waals surface area contributed by atoms with Crippen LogP contribution in [0.3, 0.4) is 0 Å². The molecule has 168 valence electrons. The van der Waals surface area contributed by atoms with Crippen molar-refractivity contribution in [3.05, 3.63) is 71.3 Å². The van der Waals surface area contributed by atoms with Gasteiger partial charge in [0.05, 0.1) is 30.9 Å². The first-order valence-electron chi connectivity index (χ1n) is 11.3.